The van der Waals surface area contributed by atoms with Crippen LogP contribution in [0.2, 0.25) is 0 Å². The summed E-state index contributed by atoms with van der Waals surface area (Å²) < 4.78 is 14.0. The molecule has 4 heteroatoms. The maximum Gasteiger partial charge on any atom is 0.132 e. The Bertz CT molecular complexity index is 409. The number of hydrogen-bond acceptors (Lipinski definition) is 3. The normalized spacial score (nSPS) is 22.3. The van der Waals surface area contributed by atoms with E-state index in [4.69, 9.17) is 5.73 Å². The van der Waals surface area contributed by atoms with E-state index in [1.807, 2.05) is 19.1 Å². The Labute approximate surface area is 107 Å². The largest absolute Gasteiger partial charge is 0.393 e. The molecule has 3 nitrogen and oxygen atoms in total. The molecule has 0 aromatic heterocycles. The zero-order valence-electron chi connectivity index (χ0n) is 10.8. The molecule has 2 atom stereocenters. The van der Waals surface area contributed by atoms with Gasteiger partial charge in [-0.15, -0.1) is 0 Å². The molecule has 3 N–H and O–H groups in total. The molecule has 1 heterocycles. The van der Waals surface area contributed by atoms with Gasteiger partial charge in [0.1, 0.15) is 5.82 Å². The molecular weight excluding hydrogens is 231 g/mol. The van der Waals surface area contributed by atoms with Crippen LogP contribution in [0.5, 0.6) is 0 Å². The summed E-state index contributed by atoms with van der Waals surface area (Å²) in [6, 6.07) is 5.38. The van der Waals surface area contributed by atoms with Crippen LogP contribution in [0, 0.1) is 11.7 Å². The third-order valence-electron chi connectivity index (χ3n) is 3.76. The number of halogens is 1. The number of likely N-dealkylation sites (tertiary alicyclic amines) is 1. The van der Waals surface area contributed by atoms with Crippen molar-refractivity contribution >= 4 is 0 Å². The van der Waals surface area contributed by atoms with Crippen LogP contribution in [0.25, 0.3) is 0 Å². The summed E-state index contributed by atoms with van der Waals surface area (Å²) in [5.41, 5.74) is 6.77. The standard InChI is InChI=1S/C14H21FN2O/c1-10(18)12-5-6-17(8-12)9-13-4-2-3-11(7-16)14(13)15/h2-4,10,12,18H,5-9,16H2,1H3. The Morgan fingerprint density at radius 2 is 2.22 bits per heavy atom. The highest BCUT2D eigenvalue weighted by Crippen LogP contribution is 2.23. The van der Waals surface area contributed by atoms with Crippen molar-refractivity contribution in [1.29, 1.82) is 0 Å². The van der Waals surface area contributed by atoms with Gasteiger partial charge in [-0.1, -0.05) is 18.2 Å². The molecular formula is C14H21FN2O. The van der Waals surface area contributed by atoms with Gasteiger partial charge in [-0.2, -0.15) is 0 Å². The van der Waals surface area contributed by atoms with Crippen LogP contribution in [-0.4, -0.2) is 29.2 Å². The molecule has 1 saturated heterocycles. The third-order valence-corrected chi connectivity index (χ3v) is 3.76. The summed E-state index contributed by atoms with van der Waals surface area (Å²) in [6.07, 6.45) is 0.700. The summed E-state index contributed by atoms with van der Waals surface area (Å²) in [4.78, 5) is 2.19. The summed E-state index contributed by atoms with van der Waals surface area (Å²) in [5.74, 6) is 0.131. The first-order valence-electron chi connectivity index (χ1n) is 6.48. The van der Waals surface area contributed by atoms with Crippen LogP contribution in [0.1, 0.15) is 24.5 Å². The van der Waals surface area contributed by atoms with Gasteiger partial charge in [-0.25, -0.2) is 4.39 Å². The van der Waals surface area contributed by atoms with Crippen molar-refractivity contribution in [2.45, 2.75) is 32.5 Å². The zero-order valence-corrected chi connectivity index (χ0v) is 10.8. The Morgan fingerprint density at radius 3 is 2.83 bits per heavy atom. The number of benzene rings is 1. The molecule has 0 bridgehead atoms. The van der Waals surface area contributed by atoms with Crippen LogP contribution in [0.3, 0.4) is 0 Å². The Hall–Kier alpha value is -0.970. The summed E-state index contributed by atoms with van der Waals surface area (Å²) >= 11 is 0. The first kappa shape index (κ1) is 13.5. The quantitative estimate of drug-likeness (QED) is 0.853. The van der Waals surface area contributed by atoms with E-state index < -0.39 is 0 Å². The van der Waals surface area contributed by atoms with Gasteiger partial charge in [0.2, 0.25) is 0 Å². The van der Waals surface area contributed by atoms with E-state index in [0.717, 1.165) is 19.5 Å². The average Bonchev–Trinajstić information content (AvgIpc) is 2.80. The van der Waals surface area contributed by atoms with Gasteiger partial charge in [0.25, 0.3) is 0 Å². The van der Waals surface area contributed by atoms with Crippen molar-refractivity contribution in [2.24, 2.45) is 11.7 Å². The minimum atomic E-state index is -0.282. The van der Waals surface area contributed by atoms with Crippen molar-refractivity contribution in [2.75, 3.05) is 13.1 Å². The second kappa shape index (κ2) is 5.78. The van der Waals surface area contributed by atoms with E-state index in [2.05, 4.69) is 4.90 Å². The molecule has 1 aromatic rings. The minimum absolute atomic E-state index is 0.180. The SMILES string of the molecule is CC(O)C1CCN(Cc2cccc(CN)c2F)C1. The molecule has 2 rings (SSSR count). The number of hydrogen-bond donors (Lipinski definition) is 2. The van der Waals surface area contributed by atoms with Gasteiger partial charge in [0, 0.05) is 30.8 Å². The van der Waals surface area contributed by atoms with Crippen LogP contribution in [0.15, 0.2) is 18.2 Å². The van der Waals surface area contributed by atoms with E-state index in [1.165, 1.54) is 0 Å². The molecule has 1 aliphatic rings. The number of rotatable bonds is 4. The van der Waals surface area contributed by atoms with E-state index in [9.17, 15) is 9.50 Å². The van der Waals surface area contributed by atoms with Crippen molar-refractivity contribution in [1.82, 2.24) is 4.90 Å². The molecule has 2 unspecified atom stereocenters. The highest BCUT2D eigenvalue weighted by atomic mass is 19.1. The average molecular weight is 252 g/mol. The lowest BCUT2D eigenvalue weighted by Crippen LogP contribution is -2.24. The fraction of sp³-hybridized carbons (Fsp3) is 0.571. The maximum atomic E-state index is 14.0. The van der Waals surface area contributed by atoms with E-state index in [0.29, 0.717) is 23.6 Å². The monoisotopic (exact) mass is 252 g/mol. The molecule has 18 heavy (non-hydrogen) atoms. The number of nitrogens with two attached hydrogens (primary N) is 1. The predicted molar refractivity (Wildman–Crippen MR) is 69.4 cm³/mol. The number of aliphatic hydroxyl groups excluding tert-OH is 1. The van der Waals surface area contributed by atoms with Crippen molar-refractivity contribution < 1.29 is 9.50 Å². The Morgan fingerprint density at radius 1 is 1.50 bits per heavy atom. The minimum Gasteiger partial charge on any atom is -0.393 e. The van der Waals surface area contributed by atoms with Gasteiger partial charge < -0.3 is 10.8 Å². The van der Waals surface area contributed by atoms with Gasteiger partial charge in [0.05, 0.1) is 6.10 Å². The lowest BCUT2D eigenvalue weighted by Gasteiger charge is -2.18. The maximum absolute atomic E-state index is 14.0. The molecule has 0 amide bonds. The summed E-state index contributed by atoms with van der Waals surface area (Å²) in [6.45, 7) is 4.41. The lowest BCUT2D eigenvalue weighted by molar-refractivity contribution is 0.127. The number of aliphatic hydroxyl groups is 1. The lowest BCUT2D eigenvalue weighted by atomic mass is 10.0. The molecule has 0 aliphatic carbocycles. The Balaban J connectivity index is 2.02. The Kier molecular flexibility index (Phi) is 4.32. The first-order chi connectivity index (χ1) is 8.61. The molecule has 1 fully saturated rings. The molecule has 0 spiro atoms. The molecule has 1 aliphatic heterocycles. The second-order valence-corrected chi connectivity index (χ2v) is 5.12. The van der Waals surface area contributed by atoms with Gasteiger partial charge in [0.15, 0.2) is 0 Å². The van der Waals surface area contributed by atoms with E-state index >= 15 is 0 Å². The van der Waals surface area contributed by atoms with Crippen molar-refractivity contribution in [3.63, 3.8) is 0 Å². The first-order valence-corrected chi connectivity index (χ1v) is 6.48. The number of nitrogens with zero attached hydrogens (tertiary/aromatic N) is 1. The second-order valence-electron chi connectivity index (χ2n) is 5.12. The zero-order chi connectivity index (χ0) is 13.1. The third kappa shape index (κ3) is 2.88. The van der Waals surface area contributed by atoms with Crippen LogP contribution < -0.4 is 5.73 Å². The van der Waals surface area contributed by atoms with Gasteiger partial charge in [-0.05, 0) is 25.8 Å². The molecule has 0 saturated carbocycles. The fourth-order valence-corrected chi connectivity index (χ4v) is 2.55. The topological polar surface area (TPSA) is 49.5 Å². The van der Waals surface area contributed by atoms with Crippen LogP contribution in [-0.2, 0) is 13.1 Å². The molecule has 1 aromatic carbocycles. The van der Waals surface area contributed by atoms with E-state index in [1.54, 1.807) is 6.07 Å². The van der Waals surface area contributed by atoms with Crippen molar-refractivity contribution in [3.8, 4) is 0 Å². The fourth-order valence-electron chi connectivity index (χ4n) is 2.55. The van der Waals surface area contributed by atoms with Gasteiger partial charge in [-0.3, -0.25) is 4.90 Å². The highest BCUT2D eigenvalue weighted by Gasteiger charge is 2.26. The van der Waals surface area contributed by atoms with Crippen LogP contribution >= 0.6 is 0 Å². The summed E-state index contributed by atoms with van der Waals surface area (Å²) in [5, 5.41) is 9.56. The highest BCUT2D eigenvalue weighted by molar-refractivity contribution is 5.26. The van der Waals surface area contributed by atoms with Crippen molar-refractivity contribution in [3.05, 3.63) is 35.1 Å². The smallest absolute Gasteiger partial charge is 0.132 e. The van der Waals surface area contributed by atoms with E-state index in [-0.39, 0.29) is 18.5 Å². The summed E-state index contributed by atoms with van der Waals surface area (Å²) in [7, 11) is 0. The van der Waals surface area contributed by atoms with Crippen LogP contribution in [0.4, 0.5) is 4.39 Å². The van der Waals surface area contributed by atoms with Gasteiger partial charge >= 0.3 is 0 Å². The molecule has 0 radical (unpaired) electrons. The predicted octanol–water partition coefficient (Wildman–Crippen LogP) is 1.49. The molecule has 100 valence electrons.